The zero-order valence-corrected chi connectivity index (χ0v) is 14.9. The minimum atomic E-state index is -0.0753. The summed E-state index contributed by atoms with van der Waals surface area (Å²) in [5.41, 5.74) is 1.54. The third-order valence-electron chi connectivity index (χ3n) is 4.39. The van der Waals surface area contributed by atoms with Gasteiger partial charge in [0.05, 0.1) is 13.2 Å². The molecular weight excluding hydrogens is 316 g/mol. The Morgan fingerprint density at radius 2 is 1.96 bits per heavy atom. The molecule has 0 spiro atoms. The number of aromatic nitrogens is 1. The second-order valence-corrected chi connectivity index (χ2v) is 6.50. The summed E-state index contributed by atoms with van der Waals surface area (Å²) in [6, 6.07) is 11.6. The molecule has 3 rings (SSSR count). The van der Waals surface area contributed by atoms with Crippen LogP contribution in [-0.2, 0) is 0 Å². The number of hydrogen-bond acceptors (Lipinski definition) is 4. The Kier molecular flexibility index (Phi) is 5.22. The molecule has 1 aromatic carbocycles. The number of pyridine rings is 1. The Morgan fingerprint density at radius 1 is 1.20 bits per heavy atom. The van der Waals surface area contributed by atoms with E-state index in [1.807, 2.05) is 36.9 Å². The highest BCUT2D eigenvalue weighted by Gasteiger charge is 2.31. The highest BCUT2D eigenvalue weighted by molar-refractivity contribution is 5.95. The Balaban J connectivity index is 1.77. The van der Waals surface area contributed by atoms with Crippen LogP contribution in [-0.4, -0.2) is 42.1 Å². The Labute approximate surface area is 148 Å². The molecule has 2 heterocycles. The molecule has 0 bridgehead atoms. The maximum Gasteiger partial charge on any atom is 0.276 e. The van der Waals surface area contributed by atoms with Crippen LogP contribution >= 0.6 is 0 Å². The van der Waals surface area contributed by atoms with Gasteiger partial charge in [-0.05, 0) is 44.0 Å². The quantitative estimate of drug-likeness (QED) is 0.836. The van der Waals surface area contributed by atoms with Crippen molar-refractivity contribution in [2.75, 3.05) is 20.2 Å². The van der Waals surface area contributed by atoms with Gasteiger partial charge in [0.2, 0.25) is 0 Å². The van der Waals surface area contributed by atoms with Crippen molar-refractivity contribution in [3.05, 3.63) is 53.9 Å². The Morgan fingerprint density at radius 3 is 2.72 bits per heavy atom. The summed E-state index contributed by atoms with van der Waals surface area (Å²) >= 11 is 0. The molecule has 1 aliphatic heterocycles. The van der Waals surface area contributed by atoms with Gasteiger partial charge in [0, 0.05) is 25.2 Å². The van der Waals surface area contributed by atoms with E-state index in [0.29, 0.717) is 24.5 Å². The number of carbonyl (C=O) groups excluding carboxylic acids is 1. The number of benzene rings is 1. The monoisotopic (exact) mass is 340 g/mol. The van der Waals surface area contributed by atoms with Gasteiger partial charge < -0.3 is 14.4 Å². The van der Waals surface area contributed by atoms with Crippen molar-refractivity contribution in [1.29, 1.82) is 0 Å². The van der Waals surface area contributed by atoms with Gasteiger partial charge >= 0.3 is 0 Å². The number of methoxy groups -OCH3 is 1. The molecule has 0 aliphatic carbocycles. The summed E-state index contributed by atoms with van der Waals surface area (Å²) in [5.74, 6) is 1.62. The molecule has 1 aromatic heterocycles. The number of nitrogens with zero attached hydrogens (tertiary/aromatic N) is 2. The summed E-state index contributed by atoms with van der Waals surface area (Å²) in [6.07, 6.45) is 2.55. The molecule has 1 amide bonds. The van der Waals surface area contributed by atoms with Gasteiger partial charge in [0.1, 0.15) is 5.75 Å². The van der Waals surface area contributed by atoms with Gasteiger partial charge in [-0.2, -0.15) is 0 Å². The first-order valence-electron chi connectivity index (χ1n) is 8.64. The van der Waals surface area contributed by atoms with Crippen LogP contribution < -0.4 is 9.47 Å². The van der Waals surface area contributed by atoms with E-state index in [1.54, 1.807) is 25.4 Å². The van der Waals surface area contributed by atoms with Crippen molar-refractivity contribution in [1.82, 2.24) is 9.88 Å². The van der Waals surface area contributed by atoms with Crippen LogP contribution in [0.5, 0.6) is 11.5 Å². The van der Waals surface area contributed by atoms with Crippen LogP contribution in [0.2, 0.25) is 0 Å². The van der Waals surface area contributed by atoms with Crippen molar-refractivity contribution in [2.24, 2.45) is 0 Å². The Bertz CT molecular complexity index is 745. The van der Waals surface area contributed by atoms with E-state index in [4.69, 9.17) is 9.47 Å². The molecule has 25 heavy (non-hydrogen) atoms. The zero-order chi connectivity index (χ0) is 17.8. The van der Waals surface area contributed by atoms with Crippen LogP contribution in [0.25, 0.3) is 0 Å². The van der Waals surface area contributed by atoms with Crippen LogP contribution in [0.15, 0.2) is 42.6 Å². The predicted octanol–water partition coefficient (Wildman–Crippen LogP) is 3.51. The summed E-state index contributed by atoms with van der Waals surface area (Å²) in [4.78, 5) is 19.1. The molecule has 5 heteroatoms. The average Bonchev–Trinajstić information content (AvgIpc) is 3.11. The standard InChI is InChI=1S/C20H24N2O3/c1-14(2)25-18-9-6-11-21-19(18)20(23)22-12-10-15(13-22)16-7-4-5-8-17(16)24-3/h4-9,11,14-15H,10,12-13H2,1-3H3/t15-/m1/s1. The predicted molar refractivity (Wildman–Crippen MR) is 96.3 cm³/mol. The zero-order valence-electron chi connectivity index (χ0n) is 14.9. The number of rotatable bonds is 5. The summed E-state index contributed by atoms with van der Waals surface area (Å²) in [5, 5.41) is 0. The van der Waals surface area contributed by atoms with Gasteiger partial charge in [-0.1, -0.05) is 18.2 Å². The van der Waals surface area contributed by atoms with Gasteiger partial charge in [0.25, 0.3) is 5.91 Å². The first kappa shape index (κ1) is 17.3. The van der Waals surface area contributed by atoms with Crippen LogP contribution in [0.3, 0.4) is 0 Å². The summed E-state index contributed by atoms with van der Waals surface area (Å²) in [6.45, 7) is 5.25. The molecule has 1 saturated heterocycles. The molecule has 1 fully saturated rings. The third-order valence-corrected chi connectivity index (χ3v) is 4.39. The largest absolute Gasteiger partial charge is 0.496 e. The van der Waals surface area contributed by atoms with Crippen molar-refractivity contribution < 1.29 is 14.3 Å². The lowest BCUT2D eigenvalue weighted by Gasteiger charge is -2.19. The van der Waals surface area contributed by atoms with Gasteiger partial charge in [-0.3, -0.25) is 4.79 Å². The van der Waals surface area contributed by atoms with Gasteiger partial charge in [0.15, 0.2) is 11.4 Å². The van der Waals surface area contributed by atoms with Crippen molar-refractivity contribution in [2.45, 2.75) is 32.3 Å². The number of likely N-dealkylation sites (tertiary alicyclic amines) is 1. The maximum atomic E-state index is 12.9. The van der Waals surface area contributed by atoms with E-state index in [1.165, 1.54) is 0 Å². The average molecular weight is 340 g/mol. The lowest BCUT2D eigenvalue weighted by Crippen LogP contribution is -2.30. The second kappa shape index (κ2) is 7.55. The highest BCUT2D eigenvalue weighted by Crippen LogP contribution is 2.34. The van der Waals surface area contributed by atoms with E-state index in [-0.39, 0.29) is 17.9 Å². The first-order valence-corrected chi connectivity index (χ1v) is 8.64. The lowest BCUT2D eigenvalue weighted by atomic mass is 9.97. The fraction of sp³-hybridized carbons (Fsp3) is 0.400. The number of para-hydroxylation sites is 1. The third kappa shape index (κ3) is 3.76. The van der Waals surface area contributed by atoms with Gasteiger partial charge in [-0.25, -0.2) is 4.98 Å². The van der Waals surface area contributed by atoms with Crippen LogP contribution in [0.1, 0.15) is 42.2 Å². The molecule has 1 atom stereocenters. The van der Waals surface area contributed by atoms with Crippen molar-refractivity contribution in [3.8, 4) is 11.5 Å². The SMILES string of the molecule is COc1ccccc1[C@@H]1CCN(C(=O)c2ncccc2OC(C)C)C1. The van der Waals surface area contributed by atoms with E-state index in [2.05, 4.69) is 11.1 Å². The minimum Gasteiger partial charge on any atom is -0.496 e. The lowest BCUT2D eigenvalue weighted by molar-refractivity contribution is 0.0778. The number of hydrogen-bond donors (Lipinski definition) is 0. The second-order valence-electron chi connectivity index (χ2n) is 6.50. The van der Waals surface area contributed by atoms with Crippen molar-refractivity contribution in [3.63, 3.8) is 0 Å². The number of carbonyl (C=O) groups is 1. The highest BCUT2D eigenvalue weighted by atomic mass is 16.5. The summed E-state index contributed by atoms with van der Waals surface area (Å²) < 4.78 is 11.2. The molecule has 132 valence electrons. The molecule has 2 aromatic rings. The Hall–Kier alpha value is -2.56. The van der Waals surface area contributed by atoms with Gasteiger partial charge in [-0.15, -0.1) is 0 Å². The molecule has 0 saturated carbocycles. The normalized spacial score (nSPS) is 17.0. The molecule has 1 aliphatic rings. The molecule has 5 nitrogen and oxygen atoms in total. The van der Waals surface area contributed by atoms with E-state index in [0.717, 1.165) is 17.7 Å². The minimum absolute atomic E-state index is 0.00402. The number of amides is 1. The van der Waals surface area contributed by atoms with E-state index >= 15 is 0 Å². The van der Waals surface area contributed by atoms with Crippen LogP contribution in [0, 0.1) is 0 Å². The molecule has 0 N–H and O–H groups in total. The number of ether oxygens (including phenoxy) is 2. The van der Waals surface area contributed by atoms with E-state index in [9.17, 15) is 4.79 Å². The fourth-order valence-electron chi connectivity index (χ4n) is 3.25. The molecule has 0 radical (unpaired) electrons. The summed E-state index contributed by atoms with van der Waals surface area (Å²) in [7, 11) is 1.68. The smallest absolute Gasteiger partial charge is 0.276 e. The fourth-order valence-corrected chi connectivity index (χ4v) is 3.25. The molecule has 0 unspecified atom stereocenters. The topological polar surface area (TPSA) is 51.7 Å². The van der Waals surface area contributed by atoms with E-state index < -0.39 is 0 Å². The molecular formula is C20H24N2O3. The first-order chi connectivity index (χ1) is 12.1. The van der Waals surface area contributed by atoms with Crippen molar-refractivity contribution >= 4 is 5.91 Å². The van der Waals surface area contributed by atoms with Crippen LogP contribution in [0.4, 0.5) is 0 Å². The maximum absolute atomic E-state index is 12.9.